The Morgan fingerprint density at radius 1 is 1.35 bits per heavy atom. The quantitative estimate of drug-likeness (QED) is 0.862. The van der Waals surface area contributed by atoms with Crippen molar-refractivity contribution >= 4 is 5.97 Å². The predicted octanol–water partition coefficient (Wildman–Crippen LogP) is 2.99. The van der Waals surface area contributed by atoms with E-state index < -0.39 is 0 Å². The number of esters is 1. The fourth-order valence-electron chi connectivity index (χ4n) is 3.19. The van der Waals surface area contributed by atoms with Crippen molar-refractivity contribution in [3.05, 3.63) is 35.6 Å². The molecule has 3 atom stereocenters. The van der Waals surface area contributed by atoms with E-state index in [2.05, 4.69) is 0 Å². The van der Waals surface area contributed by atoms with Crippen LogP contribution in [0.25, 0.3) is 0 Å². The van der Waals surface area contributed by atoms with Gasteiger partial charge in [0.1, 0.15) is 5.82 Å². The summed E-state index contributed by atoms with van der Waals surface area (Å²) in [5.41, 5.74) is 7.26. The summed E-state index contributed by atoms with van der Waals surface area (Å²) in [6.45, 7) is 2.21. The summed E-state index contributed by atoms with van der Waals surface area (Å²) < 4.78 is 18.1. The molecule has 1 saturated carbocycles. The first kappa shape index (κ1) is 15.0. The molecule has 0 aromatic heterocycles. The Morgan fingerprint density at radius 3 is 2.70 bits per heavy atom. The summed E-state index contributed by atoms with van der Waals surface area (Å²) in [6.07, 6.45) is 3.34. The van der Waals surface area contributed by atoms with Gasteiger partial charge in [-0.3, -0.25) is 4.79 Å². The fraction of sp³-hybridized carbons (Fsp3) is 0.562. The minimum atomic E-state index is -0.250. The number of hydrogen-bond donors (Lipinski definition) is 1. The molecule has 3 nitrogen and oxygen atoms in total. The van der Waals surface area contributed by atoms with Crippen molar-refractivity contribution in [2.45, 2.75) is 44.6 Å². The van der Waals surface area contributed by atoms with Gasteiger partial charge in [-0.2, -0.15) is 0 Å². The van der Waals surface area contributed by atoms with E-state index in [4.69, 9.17) is 10.5 Å². The van der Waals surface area contributed by atoms with Crippen molar-refractivity contribution in [1.82, 2.24) is 0 Å². The second-order valence-electron chi connectivity index (χ2n) is 5.44. The number of rotatable bonds is 4. The fourth-order valence-corrected chi connectivity index (χ4v) is 3.19. The number of carbonyl (C=O) groups excluding carboxylic acids is 1. The molecule has 0 heterocycles. The zero-order valence-corrected chi connectivity index (χ0v) is 11.8. The first-order valence-electron chi connectivity index (χ1n) is 7.28. The highest BCUT2D eigenvalue weighted by Crippen LogP contribution is 2.39. The highest BCUT2D eigenvalue weighted by atomic mass is 19.1. The lowest BCUT2D eigenvalue weighted by Crippen LogP contribution is -2.38. The van der Waals surface area contributed by atoms with E-state index in [0.717, 1.165) is 24.8 Å². The zero-order chi connectivity index (χ0) is 14.5. The van der Waals surface area contributed by atoms with Crippen LogP contribution in [-0.2, 0) is 9.53 Å². The van der Waals surface area contributed by atoms with Crippen LogP contribution < -0.4 is 5.73 Å². The molecule has 4 heteroatoms. The zero-order valence-electron chi connectivity index (χ0n) is 11.8. The Morgan fingerprint density at radius 2 is 2.05 bits per heavy atom. The SMILES string of the molecule is CCOC(=O)CC1CCCC(N)C1c1ccc(F)cc1. The van der Waals surface area contributed by atoms with E-state index >= 15 is 0 Å². The molecule has 3 unspecified atom stereocenters. The Bertz CT molecular complexity index is 446. The average molecular weight is 279 g/mol. The summed E-state index contributed by atoms with van der Waals surface area (Å²) in [5.74, 6) is -0.129. The van der Waals surface area contributed by atoms with Crippen LogP contribution in [0, 0.1) is 11.7 Å². The number of benzene rings is 1. The maximum atomic E-state index is 13.1. The molecule has 1 aromatic carbocycles. The summed E-state index contributed by atoms with van der Waals surface area (Å²) in [7, 11) is 0. The van der Waals surface area contributed by atoms with Crippen LogP contribution >= 0.6 is 0 Å². The standard InChI is InChI=1S/C16H22FNO2/c1-2-20-15(19)10-12-4-3-5-14(18)16(12)11-6-8-13(17)9-7-11/h6-9,12,14,16H,2-5,10,18H2,1H3. The van der Waals surface area contributed by atoms with Crippen molar-refractivity contribution in [1.29, 1.82) is 0 Å². The number of halogens is 1. The molecule has 0 saturated heterocycles. The Kier molecular flexibility index (Phi) is 5.12. The number of ether oxygens (including phenoxy) is 1. The van der Waals surface area contributed by atoms with Crippen molar-refractivity contribution in [2.24, 2.45) is 11.7 Å². The molecule has 20 heavy (non-hydrogen) atoms. The molecule has 2 rings (SSSR count). The lowest BCUT2D eigenvalue weighted by molar-refractivity contribution is -0.144. The van der Waals surface area contributed by atoms with Gasteiger partial charge in [0.25, 0.3) is 0 Å². The molecule has 1 aromatic rings. The summed E-state index contributed by atoms with van der Waals surface area (Å²) in [4.78, 5) is 11.7. The smallest absolute Gasteiger partial charge is 0.306 e. The van der Waals surface area contributed by atoms with Crippen LogP contribution in [0.15, 0.2) is 24.3 Å². The highest BCUT2D eigenvalue weighted by molar-refractivity contribution is 5.69. The maximum Gasteiger partial charge on any atom is 0.306 e. The van der Waals surface area contributed by atoms with Crippen LogP contribution in [0.4, 0.5) is 4.39 Å². The first-order chi connectivity index (χ1) is 9.61. The number of hydrogen-bond acceptors (Lipinski definition) is 3. The molecule has 0 bridgehead atoms. The van der Waals surface area contributed by atoms with Crippen LogP contribution in [0.3, 0.4) is 0 Å². The molecule has 0 radical (unpaired) electrons. The predicted molar refractivity (Wildman–Crippen MR) is 75.7 cm³/mol. The largest absolute Gasteiger partial charge is 0.466 e. The third-order valence-corrected chi connectivity index (χ3v) is 4.07. The molecule has 110 valence electrons. The summed E-state index contributed by atoms with van der Waals surface area (Å²) in [6, 6.07) is 6.50. The van der Waals surface area contributed by atoms with E-state index in [0.29, 0.717) is 13.0 Å². The first-order valence-corrected chi connectivity index (χ1v) is 7.28. The average Bonchev–Trinajstić information content (AvgIpc) is 2.41. The Hall–Kier alpha value is -1.42. The number of nitrogens with two attached hydrogens (primary N) is 1. The van der Waals surface area contributed by atoms with Gasteiger partial charge in [-0.1, -0.05) is 18.6 Å². The van der Waals surface area contributed by atoms with Gasteiger partial charge in [-0.25, -0.2) is 4.39 Å². The van der Waals surface area contributed by atoms with Gasteiger partial charge in [0.05, 0.1) is 6.61 Å². The van der Waals surface area contributed by atoms with E-state index in [1.807, 2.05) is 6.92 Å². The van der Waals surface area contributed by atoms with Gasteiger partial charge in [0, 0.05) is 18.4 Å². The van der Waals surface area contributed by atoms with Crippen molar-refractivity contribution < 1.29 is 13.9 Å². The monoisotopic (exact) mass is 279 g/mol. The molecule has 2 N–H and O–H groups in total. The third-order valence-electron chi connectivity index (χ3n) is 4.07. The lowest BCUT2D eigenvalue weighted by atomic mass is 9.71. The summed E-state index contributed by atoms with van der Waals surface area (Å²) >= 11 is 0. The van der Waals surface area contributed by atoms with Gasteiger partial charge < -0.3 is 10.5 Å². The molecule has 1 aliphatic rings. The summed E-state index contributed by atoms with van der Waals surface area (Å²) in [5, 5.41) is 0. The molecule has 0 amide bonds. The van der Waals surface area contributed by atoms with Crippen LogP contribution in [0.5, 0.6) is 0 Å². The minimum Gasteiger partial charge on any atom is -0.466 e. The van der Waals surface area contributed by atoms with Crippen molar-refractivity contribution in [3.63, 3.8) is 0 Å². The molecule has 0 spiro atoms. The second kappa shape index (κ2) is 6.84. The van der Waals surface area contributed by atoms with E-state index in [-0.39, 0.29) is 29.7 Å². The minimum absolute atomic E-state index is 0.0219. The Balaban J connectivity index is 2.15. The van der Waals surface area contributed by atoms with Crippen LogP contribution in [0.2, 0.25) is 0 Å². The maximum absolute atomic E-state index is 13.1. The van der Waals surface area contributed by atoms with Crippen LogP contribution in [0.1, 0.15) is 44.1 Å². The lowest BCUT2D eigenvalue weighted by Gasteiger charge is -2.36. The van der Waals surface area contributed by atoms with Gasteiger partial charge in [-0.05, 0) is 43.4 Å². The van der Waals surface area contributed by atoms with Crippen LogP contribution in [-0.4, -0.2) is 18.6 Å². The van der Waals surface area contributed by atoms with Gasteiger partial charge in [0.15, 0.2) is 0 Å². The van der Waals surface area contributed by atoms with Gasteiger partial charge >= 0.3 is 5.97 Å². The van der Waals surface area contributed by atoms with Crippen molar-refractivity contribution in [2.75, 3.05) is 6.61 Å². The molecule has 0 aliphatic heterocycles. The third kappa shape index (κ3) is 3.57. The normalized spacial score (nSPS) is 26.2. The molecule has 1 aliphatic carbocycles. The van der Waals surface area contributed by atoms with E-state index in [1.165, 1.54) is 12.1 Å². The molecular formula is C16H22FNO2. The van der Waals surface area contributed by atoms with Crippen molar-refractivity contribution in [3.8, 4) is 0 Å². The topological polar surface area (TPSA) is 52.3 Å². The molecular weight excluding hydrogens is 257 g/mol. The van der Waals surface area contributed by atoms with E-state index in [1.54, 1.807) is 12.1 Å². The molecule has 1 fully saturated rings. The number of carbonyl (C=O) groups is 1. The second-order valence-corrected chi connectivity index (χ2v) is 5.44. The Labute approximate surface area is 119 Å². The highest BCUT2D eigenvalue weighted by Gasteiger charge is 2.33. The van der Waals surface area contributed by atoms with Gasteiger partial charge in [0.2, 0.25) is 0 Å². The van der Waals surface area contributed by atoms with Gasteiger partial charge in [-0.15, -0.1) is 0 Å². The van der Waals surface area contributed by atoms with E-state index in [9.17, 15) is 9.18 Å².